The summed E-state index contributed by atoms with van der Waals surface area (Å²) in [6.45, 7) is 2.28. The second kappa shape index (κ2) is 11.0. The van der Waals surface area contributed by atoms with Gasteiger partial charge in [-0.3, -0.25) is 0 Å². The predicted octanol–water partition coefficient (Wildman–Crippen LogP) is 6.01. The first-order valence-electron chi connectivity index (χ1n) is 7.73. The van der Waals surface area contributed by atoms with Crippen molar-refractivity contribution in [2.45, 2.75) is 80.7 Å². The first-order chi connectivity index (χ1) is 10.6. The molecule has 0 rings (SSSR count). The Morgan fingerprint density at radius 2 is 1.22 bits per heavy atom. The monoisotopic (exact) mass is 460 g/mol. The van der Waals surface area contributed by atoms with E-state index in [9.17, 15) is 30.7 Å². The molecule has 0 atom stereocenters. The molecular formula is C14H23F7OSn. The average Bonchev–Trinajstić information content (AvgIpc) is 2.43. The number of hydrogen-bond acceptors (Lipinski definition) is 1. The molecule has 0 aromatic rings. The summed E-state index contributed by atoms with van der Waals surface area (Å²) >= 11 is -2.40. The third-order valence-corrected chi connectivity index (χ3v) is 6.16. The molecule has 0 N–H and O–H groups in total. The van der Waals surface area contributed by atoms with Gasteiger partial charge in [0.2, 0.25) is 0 Å². The van der Waals surface area contributed by atoms with Crippen LogP contribution in [0.2, 0.25) is 4.44 Å². The summed E-state index contributed by atoms with van der Waals surface area (Å²) in [7, 11) is 0. The topological polar surface area (TPSA) is 9.23 Å². The van der Waals surface area contributed by atoms with Crippen molar-refractivity contribution in [3.8, 4) is 0 Å². The molecule has 0 unspecified atom stereocenters. The predicted molar refractivity (Wildman–Crippen MR) is 75.1 cm³/mol. The average molecular weight is 459 g/mol. The van der Waals surface area contributed by atoms with E-state index in [1.807, 2.05) is 0 Å². The van der Waals surface area contributed by atoms with Crippen molar-refractivity contribution in [2.75, 3.05) is 6.61 Å². The van der Waals surface area contributed by atoms with Crippen LogP contribution in [0.15, 0.2) is 0 Å². The Labute approximate surface area is 143 Å². The van der Waals surface area contributed by atoms with Gasteiger partial charge in [0, 0.05) is 0 Å². The van der Waals surface area contributed by atoms with Gasteiger partial charge in [0.1, 0.15) is 0 Å². The van der Waals surface area contributed by atoms with Crippen LogP contribution in [0.25, 0.3) is 0 Å². The third-order valence-electron chi connectivity index (χ3n) is 3.31. The van der Waals surface area contributed by atoms with E-state index in [-0.39, 0.29) is 6.61 Å². The summed E-state index contributed by atoms with van der Waals surface area (Å²) < 4.78 is 90.3. The molecule has 0 fully saturated rings. The van der Waals surface area contributed by atoms with Gasteiger partial charge in [-0.15, -0.1) is 0 Å². The maximum atomic E-state index is 13.0. The van der Waals surface area contributed by atoms with E-state index >= 15 is 0 Å². The van der Waals surface area contributed by atoms with Crippen molar-refractivity contribution in [2.24, 2.45) is 0 Å². The molecule has 2 radical (unpaired) electrons. The van der Waals surface area contributed by atoms with Crippen molar-refractivity contribution in [1.29, 1.82) is 0 Å². The Balaban J connectivity index is 3.72. The van der Waals surface area contributed by atoms with E-state index in [4.69, 9.17) is 3.07 Å². The molecule has 0 aliphatic heterocycles. The van der Waals surface area contributed by atoms with Crippen LogP contribution in [0.3, 0.4) is 0 Å². The van der Waals surface area contributed by atoms with Gasteiger partial charge < -0.3 is 0 Å². The van der Waals surface area contributed by atoms with Crippen molar-refractivity contribution in [3.05, 3.63) is 0 Å². The van der Waals surface area contributed by atoms with E-state index in [2.05, 4.69) is 6.92 Å². The summed E-state index contributed by atoms with van der Waals surface area (Å²) in [5.41, 5.74) is 0. The molecule has 0 saturated carbocycles. The van der Waals surface area contributed by atoms with Crippen molar-refractivity contribution >= 4 is 21.6 Å². The van der Waals surface area contributed by atoms with Crippen LogP contribution in [-0.4, -0.2) is 46.2 Å². The summed E-state index contributed by atoms with van der Waals surface area (Å²) in [5, 5.41) is 0. The molecule has 23 heavy (non-hydrogen) atoms. The second-order valence-corrected chi connectivity index (χ2v) is 8.08. The van der Waals surface area contributed by atoms with E-state index in [0.717, 1.165) is 32.1 Å². The van der Waals surface area contributed by atoms with Gasteiger partial charge in [0.05, 0.1) is 0 Å². The van der Waals surface area contributed by atoms with Gasteiger partial charge in [0.25, 0.3) is 0 Å². The Kier molecular flexibility index (Phi) is 11.1. The quantitative estimate of drug-likeness (QED) is 0.186. The maximum absolute atomic E-state index is 13.0. The molecule has 138 valence electrons. The zero-order valence-corrected chi connectivity index (χ0v) is 16.0. The van der Waals surface area contributed by atoms with Crippen molar-refractivity contribution < 1.29 is 33.8 Å². The SMILES string of the molecule is CCCCCCCCCC[O][Sn][CH2]C(F)(F)C(F)(F)C(F)(F)F. The third kappa shape index (κ3) is 8.79. The normalized spacial score (nSPS) is 13.6. The van der Waals surface area contributed by atoms with Gasteiger partial charge in [-0.05, 0) is 0 Å². The van der Waals surface area contributed by atoms with Crippen LogP contribution in [-0.2, 0) is 3.07 Å². The van der Waals surface area contributed by atoms with Crippen molar-refractivity contribution in [1.82, 2.24) is 0 Å². The van der Waals surface area contributed by atoms with E-state index in [1.165, 1.54) is 12.8 Å². The van der Waals surface area contributed by atoms with Gasteiger partial charge in [-0.1, -0.05) is 0 Å². The fraction of sp³-hybridized carbons (Fsp3) is 1.00. The number of rotatable bonds is 13. The minimum absolute atomic E-state index is 0.161. The molecule has 0 aromatic heterocycles. The summed E-state index contributed by atoms with van der Waals surface area (Å²) in [6.07, 6.45) is 1.98. The molecule has 0 bridgehead atoms. The number of halogens is 7. The fourth-order valence-corrected chi connectivity index (χ4v) is 4.11. The fourth-order valence-electron chi connectivity index (χ4n) is 1.84. The molecule has 0 heterocycles. The Hall–Kier alpha value is 0.269. The molecule has 0 aliphatic rings. The Morgan fingerprint density at radius 1 is 0.739 bits per heavy atom. The second-order valence-electron chi connectivity index (χ2n) is 5.42. The summed E-state index contributed by atoms with van der Waals surface area (Å²) in [4.78, 5) is 0. The zero-order chi connectivity index (χ0) is 18.0. The van der Waals surface area contributed by atoms with E-state index < -0.39 is 44.0 Å². The molecule has 0 saturated heterocycles. The van der Waals surface area contributed by atoms with Crippen LogP contribution in [0.5, 0.6) is 0 Å². The Bertz CT molecular complexity index is 308. The van der Waals surface area contributed by atoms with Crippen LogP contribution in [0, 0.1) is 0 Å². The van der Waals surface area contributed by atoms with Crippen molar-refractivity contribution in [3.63, 3.8) is 0 Å². The molecule has 0 spiro atoms. The minimum atomic E-state index is -6.24. The molecule has 0 aromatic carbocycles. The standard InChI is InChI=1S/C10H21O.C4H2F7.Sn/c1-2-3-4-5-6-7-8-9-10-11;1-2(5,6)3(7,8)4(9,10)11;/h2-10H2,1H3;1H2;/q-1;;+1. The summed E-state index contributed by atoms with van der Waals surface area (Å²) in [6, 6.07) is 0. The first kappa shape index (κ1) is 23.3. The number of unbranched alkanes of at least 4 members (excludes halogenated alkanes) is 7. The number of alkyl halides is 7. The van der Waals surface area contributed by atoms with Crippen LogP contribution in [0.4, 0.5) is 30.7 Å². The van der Waals surface area contributed by atoms with Gasteiger partial charge in [0.15, 0.2) is 0 Å². The van der Waals surface area contributed by atoms with Crippen LogP contribution in [0.1, 0.15) is 58.3 Å². The molecule has 0 amide bonds. The van der Waals surface area contributed by atoms with E-state index in [0.29, 0.717) is 6.42 Å². The summed E-state index contributed by atoms with van der Waals surface area (Å²) in [5.74, 6) is -11.1. The first-order valence-corrected chi connectivity index (χ1v) is 10.9. The molecule has 0 aliphatic carbocycles. The van der Waals surface area contributed by atoms with E-state index in [1.54, 1.807) is 0 Å². The van der Waals surface area contributed by atoms with Crippen LogP contribution < -0.4 is 0 Å². The van der Waals surface area contributed by atoms with Gasteiger partial charge in [-0.2, -0.15) is 0 Å². The molecule has 9 heteroatoms. The van der Waals surface area contributed by atoms with Crippen LogP contribution >= 0.6 is 0 Å². The van der Waals surface area contributed by atoms with Gasteiger partial charge in [-0.25, -0.2) is 0 Å². The zero-order valence-electron chi connectivity index (χ0n) is 13.1. The number of hydrogen-bond donors (Lipinski definition) is 0. The molecular weight excluding hydrogens is 436 g/mol. The Morgan fingerprint density at radius 3 is 1.70 bits per heavy atom. The molecule has 1 nitrogen and oxygen atoms in total. The van der Waals surface area contributed by atoms with Gasteiger partial charge >= 0.3 is 143 Å².